The van der Waals surface area contributed by atoms with Gasteiger partial charge >= 0.3 is 12.3 Å². The summed E-state index contributed by atoms with van der Waals surface area (Å²) in [5, 5.41) is 10.4. The summed E-state index contributed by atoms with van der Waals surface area (Å²) in [5.74, 6) is -2.63. The predicted octanol–water partition coefficient (Wildman–Crippen LogP) is 3.77. The zero-order chi connectivity index (χ0) is 15.1. The van der Waals surface area contributed by atoms with E-state index in [2.05, 4.69) is 20.9 Å². The van der Waals surface area contributed by atoms with Gasteiger partial charge < -0.3 is 10.1 Å². The maximum absolute atomic E-state index is 12.6. The summed E-state index contributed by atoms with van der Waals surface area (Å²) in [4.78, 5) is 24.5. The summed E-state index contributed by atoms with van der Waals surface area (Å²) >= 11 is 3.08. The predicted molar refractivity (Wildman–Crippen MR) is 68.0 cm³/mol. The molecule has 0 aliphatic carbocycles. The standard InChI is InChI=1S/C11H6BrF3N2O3/c12-4-1-2-6-5(3-4)7(8(18)11(13,14)15)9(16-6)17-10(19)20/h1-3,16-17H,(H,19,20). The van der Waals surface area contributed by atoms with Crippen molar-refractivity contribution in [2.75, 3.05) is 5.32 Å². The molecular formula is C11H6BrF3N2O3. The maximum atomic E-state index is 12.6. The van der Waals surface area contributed by atoms with Crippen molar-refractivity contribution in [3.8, 4) is 0 Å². The Morgan fingerprint density at radius 1 is 1.30 bits per heavy atom. The first-order valence-corrected chi connectivity index (χ1v) is 5.92. The topological polar surface area (TPSA) is 82.2 Å². The number of nitrogens with one attached hydrogen (secondary N) is 2. The van der Waals surface area contributed by atoms with Crippen molar-refractivity contribution in [3.05, 3.63) is 28.2 Å². The van der Waals surface area contributed by atoms with Crippen molar-refractivity contribution in [1.82, 2.24) is 4.98 Å². The van der Waals surface area contributed by atoms with Crippen molar-refractivity contribution in [3.63, 3.8) is 0 Å². The lowest BCUT2D eigenvalue weighted by atomic mass is 10.1. The Labute approximate surface area is 117 Å². The van der Waals surface area contributed by atoms with Crippen LogP contribution in [0.5, 0.6) is 0 Å². The second-order valence-electron chi connectivity index (χ2n) is 3.82. The number of ketones is 1. The smallest absolute Gasteiger partial charge is 0.455 e. The Hall–Kier alpha value is -2.03. The van der Waals surface area contributed by atoms with Crippen molar-refractivity contribution >= 4 is 44.5 Å². The Balaban J connectivity index is 2.72. The second kappa shape index (κ2) is 4.82. The molecule has 20 heavy (non-hydrogen) atoms. The van der Waals surface area contributed by atoms with Gasteiger partial charge in [-0.15, -0.1) is 0 Å². The number of benzene rings is 1. The van der Waals surface area contributed by atoms with Crippen LogP contribution >= 0.6 is 15.9 Å². The SMILES string of the molecule is O=C(O)Nc1[nH]c2ccc(Br)cc2c1C(=O)C(F)(F)F. The number of aromatic nitrogens is 1. The Morgan fingerprint density at radius 3 is 2.50 bits per heavy atom. The van der Waals surface area contributed by atoms with Crippen LogP contribution in [0.25, 0.3) is 10.9 Å². The van der Waals surface area contributed by atoms with Crippen molar-refractivity contribution in [1.29, 1.82) is 0 Å². The Kier molecular flexibility index (Phi) is 3.46. The van der Waals surface area contributed by atoms with Crippen molar-refractivity contribution in [2.24, 2.45) is 0 Å². The number of rotatable bonds is 2. The summed E-state index contributed by atoms with van der Waals surface area (Å²) in [6.45, 7) is 0. The number of carbonyl (C=O) groups excluding carboxylic acids is 1. The van der Waals surface area contributed by atoms with Gasteiger partial charge in [0.25, 0.3) is 5.78 Å². The van der Waals surface area contributed by atoms with E-state index in [-0.39, 0.29) is 10.9 Å². The van der Waals surface area contributed by atoms with Crippen molar-refractivity contribution in [2.45, 2.75) is 6.18 Å². The zero-order valence-corrected chi connectivity index (χ0v) is 11.1. The van der Waals surface area contributed by atoms with Gasteiger partial charge in [-0.25, -0.2) is 4.79 Å². The number of Topliss-reactive ketones (excluding diaryl/α,β-unsaturated/α-hetero) is 1. The number of anilines is 1. The number of hydrogen-bond acceptors (Lipinski definition) is 2. The molecule has 0 aliphatic rings. The molecule has 1 amide bonds. The minimum Gasteiger partial charge on any atom is -0.465 e. The van der Waals surface area contributed by atoms with Crippen LogP contribution in [0.15, 0.2) is 22.7 Å². The highest BCUT2D eigenvalue weighted by molar-refractivity contribution is 9.10. The van der Waals surface area contributed by atoms with Crippen LogP contribution in [-0.4, -0.2) is 28.1 Å². The Bertz CT molecular complexity index is 709. The van der Waals surface area contributed by atoms with Crippen LogP contribution in [0.3, 0.4) is 0 Å². The number of amides is 1. The lowest BCUT2D eigenvalue weighted by molar-refractivity contribution is -0.0883. The molecule has 0 radical (unpaired) electrons. The van der Waals surface area contributed by atoms with Gasteiger partial charge in [-0.1, -0.05) is 15.9 Å². The van der Waals surface area contributed by atoms with Gasteiger partial charge in [-0.3, -0.25) is 10.1 Å². The number of fused-ring (bicyclic) bond motifs is 1. The minimum absolute atomic E-state index is 0.0227. The van der Waals surface area contributed by atoms with Gasteiger partial charge in [-0.2, -0.15) is 13.2 Å². The molecule has 0 fully saturated rings. The molecule has 9 heteroatoms. The van der Waals surface area contributed by atoms with Gasteiger partial charge in [-0.05, 0) is 18.2 Å². The summed E-state index contributed by atoms with van der Waals surface area (Å²) < 4.78 is 38.3. The number of carbonyl (C=O) groups is 2. The number of hydrogen-bond donors (Lipinski definition) is 3. The molecule has 1 aromatic heterocycles. The molecule has 0 atom stereocenters. The fourth-order valence-corrected chi connectivity index (χ4v) is 2.10. The normalized spacial score (nSPS) is 11.6. The molecule has 5 nitrogen and oxygen atoms in total. The van der Waals surface area contributed by atoms with E-state index >= 15 is 0 Å². The third-order valence-electron chi connectivity index (χ3n) is 2.48. The van der Waals surface area contributed by atoms with Crippen LogP contribution in [0, 0.1) is 0 Å². The summed E-state index contributed by atoms with van der Waals surface area (Å²) in [7, 11) is 0. The average molecular weight is 351 g/mol. The van der Waals surface area contributed by atoms with E-state index in [0.717, 1.165) is 0 Å². The molecule has 106 valence electrons. The first-order chi connectivity index (χ1) is 9.20. The molecule has 2 rings (SSSR count). The number of carboxylic acid groups (broad SMARTS) is 1. The number of halogens is 4. The van der Waals surface area contributed by atoms with E-state index in [4.69, 9.17) is 5.11 Å². The molecule has 0 saturated carbocycles. The van der Waals surface area contributed by atoms with E-state index < -0.39 is 29.4 Å². The fourth-order valence-electron chi connectivity index (χ4n) is 1.74. The molecular weight excluding hydrogens is 345 g/mol. The number of H-pyrrole nitrogens is 1. The molecule has 0 spiro atoms. The van der Waals surface area contributed by atoms with E-state index in [9.17, 15) is 22.8 Å². The van der Waals surface area contributed by atoms with Crippen molar-refractivity contribution < 1.29 is 27.9 Å². The second-order valence-corrected chi connectivity index (χ2v) is 4.74. The number of aromatic amines is 1. The highest BCUT2D eigenvalue weighted by atomic mass is 79.9. The molecule has 0 aliphatic heterocycles. The third kappa shape index (κ3) is 2.62. The molecule has 0 saturated heterocycles. The van der Waals surface area contributed by atoms with Crippen LogP contribution in [0.1, 0.15) is 10.4 Å². The highest BCUT2D eigenvalue weighted by Crippen LogP contribution is 2.33. The minimum atomic E-state index is -5.10. The monoisotopic (exact) mass is 350 g/mol. The maximum Gasteiger partial charge on any atom is 0.455 e. The van der Waals surface area contributed by atoms with Gasteiger partial charge in [0.2, 0.25) is 0 Å². The van der Waals surface area contributed by atoms with E-state index in [1.54, 1.807) is 11.4 Å². The lowest BCUT2D eigenvalue weighted by Gasteiger charge is -2.06. The van der Waals surface area contributed by atoms with Gasteiger partial charge in [0.15, 0.2) is 0 Å². The highest BCUT2D eigenvalue weighted by Gasteiger charge is 2.42. The summed E-state index contributed by atoms with van der Waals surface area (Å²) in [6, 6.07) is 4.28. The molecule has 2 aromatic rings. The van der Waals surface area contributed by atoms with E-state index in [1.165, 1.54) is 12.1 Å². The average Bonchev–Trinajstić information content (AvgIpc) is 2.63. The van der Waals surface area contributed by atoms with Gasteiger partial charge in [0.05, 0.1) is 5.56 Å². The van der Waals surface area contributed by atoms with E-state index in [1.807, 2.05) is 0 Å². The molecule has 1 heterocycles. The summed E-state index contributed by atoms with van der Waals surface area (Å²) in [6.07, 6.45) is -6.68. The van der Waals surface area contributed by atoms with Gasteiger partial charge in [0.1, 0.15) is 5.82 Å². The molecule has 0 unspecified atom stereocenters. The Morgan fingerprint density at radius 2 is 1.95 bits per heavy atom. The third-order valence-corrected chi connectivity index (χ3v) is 2.97. The largest absolute Gasteiger partial charge is 0.465 e. The van der Waals surface area contributed by atoms with Crippen LogP contribution in [-0.2, 0) is 0 Å². The number of alkyl halides is 3. The first-order valence-electron chi connectivity index (χ1n) is 5.13. The lowest BCUT2D eigenvalue weighted by Crippen LogP contribution is -2.24. The fraction of sp³-hybridized carbons (Fsp3) is 0.0909. The molecule has 1 aromatic carbocycles. The zero-order valence-electron chi connectivity index (χ0n) is 9.51. The van der Waals surface area contributed by atoms with Crippen LogP contribution in [0.2, 0.25) is 0 Å². The summed E-state index contributed by atoms with van der Waals surface area (Å²) in [5.41, 5.74) is -0.541. The quantitative estimate of drug-likeness (QED) is 0.721. The van der Waals surface area contributed by atoms with E-state index in [0.29, 0.717) is 4.47 Å². The molecule has 3 N–H and O–H groups in total. The molecule has 0 bridgehead atoms. The van der Waals surface area contributed by atoms with Gasteiger partial charge in [0, 0.05) is 15.4 Å². The first kappa shape index (κ1) is 14.4. The van der Waals surface area contributed by atoms with Crippen LogP contribution < -0.4 is 5.32 Å². The van der Waals surface area contributed by atoms with Crippen LogP contribution in [0.4, 0.5) is 23.8 Å².